The monoisotopic (exact) mass is 242 g/mol. The van der Waals surface area contributed by atoms with Crippen LogP contribution in [0.5, 0.6) is 5.75 Å². The Morgan fingerprint density at radius 3 is 2.61 bits per heavy atom. The van der Waals surface area contributed by atoms with E-state index >= 15 is 0 Å². The summed E-state index contributed by atoms with van der Waals surface area (Å²) in [5.41, 5.74) is 9.61. The molecule has 0 aliphatic heterocycles. The normalized spacial score (nSPS) is 10.3. The molecule has 2 aromatic carbocycles. The van der Waals surface area contributed by atoms with Crippen molar-refractivity contribution >= 4 is 11.4 Å². The first kappa shape index (κ1) is 12.3. The second-order valence-corrected chi connectivity index (χ2v) is 4.53. The number of benzene rings is 2. The number of hydrogen-bond donors (Lipinski definition) is 2. The molecular weight excluding hydrogens is 224 g/mol. The summed E-state index contributed by atoms with van der Waals surface area (Å²) < 4.78 is 0. The van der Waals surface area contributed by atoms with Gasteiger partial charge in [-0.15, -0.1) is 0 Å². The number of para-hydroxylation sites is 1. The Hall–Kier alpha value is -2.16. The average molecular weight is 242 g/mol. The van der Waals surface area contributed by atoms with Gasteiger partial charge in [-0.3, -0.25) is 0 Å². The molecular formula is C15H18N2O. The van der Waals surface area contributed by atoms with Gasteiger partial charge in [-0.1, -0.05) is 18.2 Å². The predicted octanol–water partition coefficient (Wildman–Crippen LogP) is 2.92. The van der Waals surface area contributed by atoms with E-state index in [2.05, 4.69) is 24.0 Å². The maximum absolute atomic E-state index is 9.82. The van der Waals surface area contributed by atoms with E-state index < -0.39 is 0 Å². The van der Waals surface area contributed by atoms with Crippen molar-refractivity contribution in [1.82, 2.24) is 0 Å². The maximum atomic E-state index is 9.82. The third-order valence-electron chi connectivity index (χ3n) is 3.04. The van der Waals surface area contributed by atoms with Gasteiger partial charge in [-0.25, -0.2) is 0 Å². The fourth-order valence-electron chi connectivity index (χ4n) is 2.06. The molecule has 0 fully saturated rings. The highest BCUT2D eigenvalue weighted by Crippen LogP contribution is 2.25. The Labute approximate surface area is 107 Å². The van der Waals surface area contributed by atoms with Gasteiger partial charge in [0.15, 0.2) is 0 Å². The summed E-state index contributed by atoms with van der Waals surface area (Å²) in [4.78, 5) is 2.10. The van der Waals surface area contributed by atoms with Crippen LogP contribution >= 0.6 is 0 Å². The second kappa shape index (κ2) is 5.00. The molecule has 2 rings (SSSR count). The summed E-state index contributed by atoms with van der Waals surface area (Å²) >= 11 is 0. The topological polar surface area (TPSA) is 49.5 Å². The third-order valence-corrected chi connectivity index (χ3v) is 3.04. The van der Waals surface area contributed by atoms with Gasteiger partial charge >= 0.3 is 0 Å². The Morgan fingerprint density at radius 1 is 1.17 bits per heavy atom. The first-order valence-electron chi connectivity index (χ1n) is 5.92. The van der Waals surface area contributed by atoms with Gasteiger partial charge < -0.3 is 15.7 Å². The zero-order valence-corrected chi connectivity index (χ0v) is 10.7. The Kier molecular flexibility index (Phi) is 3.42. The van der Waals surface area contributed by atoms with Crippen LogP contribution in [-0.2, 0) is 6.54 Å². The summed E-state index contributed by atoms with van der Waals surface area (Å²) in [5.74, 6) is 0.282. The molecule has 0 aliphatic rings. The Morgan fingerprint density at radius 2 is 1.89 bits per heavy atom. The summed E-state index contributed by atoms with van der Waals surface area (Å²) in [6.45, 7) is 2.70. The minimum Gasteiger partial charge on any atom is -0.508 e. The lowest BCUT2D eigenvalue weighted by atomic mass is 10.1. The van der Waals surface area contributed by atoms with Crippen molar-refractivity contribution in [3.05, 3.63) is 53.6 Å². The van der Waals surface area contributed by atoms with Gasteiger partial charge in [0.05, 0.1) is 0 Å². The van der Waals surface area contributed by atoms with Crippen LogP contribution < -0.4 is 10.6 Å². The zero-order valence-electron chi connectivity index (χ0n) is 10.7. The molecule has 3 N–H and O–H groups in total. The molecule has 0 saturated heterocycles. The standard InChI is InChI=1S/C15H18N2O/c1-11-5-3-4-6-14(11)17(2)10-12-9-13(16)7-8-15(12)18/h3-9,18H,10,16H2,1-2H3. The SMILES string of the molecule is Cc1ccccc1N(C)Cc1cc(N)ccc1O. The maximum Gasteiger partial charge on any atom is 0.120 e. The van der Waals surface area contributed by atoms with Gasteiger partial charge in [0, 0.05) is 30.5 Å². The molecule has 0 saturated carbocycles. The molecule has 2 aromatic rings. The van der Waals surface area contributed by atoms with Crippen molar-refractivity contribution in [2.45, 2.75) is 13.5 Å². The van der Waals surface area contributed by atoms with E-state index in [1.54, 1.807) is 12.1 Å². The van der Waals surface area contributed by atoms with E-state index in [-0.39, 0.29) is 5.75 Å². The van der Waals surface area contributed by atoms with Gasteiger partial charge in [-0.05, 0) is 36.8 Å². The highest BCUT2D eigenvalue weighted by molar-refractivity contribution is 5.54. The molecule has 3 nitrogen and oxygen atoms in total. The average Bonchev–Trinajstić information content (AvgIpc) is 2.34. The van der Waals surface area contributed by atoms with E-state index in [1.807, 2.05) is 25.2 Å². The summed E-state index contributed by atoms with van der Waals surface area (Å²) in [6.07, 6.45) is 0. The van der Waals surface area contributed by atoms with Crippen LogP contribution in [-0.4, -0.2) is 12.2 Å². The smallest absolute Gasteiger partial charge is 0.120 e. The number of hydrogen-bond acceptors (Lipinski definition) is 3. The van der Waals surface area contributed by atoms with E-state index in [4.69, 9.17) is 5.73 Å². The third kappa shape index (κ3) is 2.56. The first-order chi connectivity index (χ1) is 8.58. The molecule has 3 heteroatoms. The fourth-order valence-corrected chi connectivity index (χ4v) is 2.06. The summed E-state index contributed by atoms with van der Waals surface area (Å²) in [7, 11) is 2.00. The highest BCUT2D eigenvalue weighted by atomic mass is 16.3. The second-order valence-electron chi connectivity index (χ2n) is 4.53. The number of aryl methyl sites for hydroxylation is 1. The summed E-state index contributed by atoms with van der Waals surface area (Å²) in [6, 6.07) is 13.3. The van der Waals surface area contributed by atoms with Crippen LogP contribution in [0.25, 0.3) is 0 Å². The Balaban J connectivity index is 2.24. The van der Waals surface area contributed by atoms with E-state index in [0.717, 1.165) is 11.3 Å². The number of aromatic hydroxyl groups is 1. The number of anilines is 2. The van der Waals surface area contributed by atoms with Crippen molar-refractivity contribution in [3.63, 3.8) is 0 Å². The molecule has 0 radical (unpaired) electrons. The van der Waals surface area contributed by atoms with Gasteiger partial charge in [0.25, 0.3) is 0 Å². The van der Waals surface area contributed by atoms with Gasteiger partial charge in [0.2, 0.25) is 0 Å². The van der Waals surface area contributed by atoms with E-state index in [9.17, 15) is 5.11 Å². The lowest BCUT2D eigenvalue weighted by Crippen LogP contribution is -2.17. The lowest BCUT2D eigenvalue weighted by Gasteiger charge is -2.22. The number of nitrogens with zero attached hydrogens (tertiary/aromatic N) is 1. The van der Waals surface area contributed by atoms with Crippen LogP contribution in [0.15, 0.2) is 42.5 Å². The van der Waals surface area contributed by atoms with Crippen LogP contribution in [0.1, 0.15) is 11.1 Å². The van der Waals surface area contributed by atoms with Crippen molar-refractivity contribution in [1.29, 1.82) is 0 Å². The van der Waals surface area contributed by atoms with Crippen LogP contribution in [0.4, 0.5) is 11.4 Å². The van der Waals surface area contributed by atoms with Crippen molar-refractivity contribution in [2.24, 2.45) is 0 Å². The number of nitrogens with two attached hydrogens (primary N) is 1. The number of rotatable bonds is 3. The van der Waals surface area contributed by atoms with Gasteiger partial charge in [0.1, 0.15) is 5.75 Å². The van der Waals surface area contributed by atoms with Gasteiger partial charge in [-0.2, -0.15) is 0 Å². The van der Waals surface area contributed by atoms with E-state index in [1.165, 1.54) is 5.56 Å². The fraction of sp³-hybridized carbons (Fsp3) is 0.200. The summed E-state index contributed by atoms with van der Waals surface area (Å²) in [5, 5.41) is 9.82. The molecule has 18 heavy (non-hydrogen) atoms. The molecule has 0 spiro atoms. The van der Waals surface area contributed by atoms with E-state index in [0.29, 0.717) is 12.2 Å². The largest absolute Gasteiger partial charge is 0.508 e. The number of nitrogen functional groups attached to an aromatic ring is 1. The minimum absolute atomic E-state index is 0.282. The lowest BCUT2D eigenvalue weighted by molar-refractivity contribution is 0.468. The number of phenols is 1. The molecule has 0 aromatic heterocycles. The molecule has 0 aliphatic carbocycles. The molecule has 0 atom stereocenters. The first-order valence-corrected chi connectivity index (χ1v) is 5.92. The highest BCUT2D eigenvalue weighted by Gasteiger charge is 2.08. The Bertz CT molecular complexity index is 552. The molecule has 94 valence electrons. The van der Waals surface area contributed by atoms with Crippen LogP contribution in [0, 0.1) is 6.92 Å². The van der Waals surface area contributed by atoms with Crippen molar-refractivity contribution in [2.75, 3.05) is 17.7 Å². The number of phenolic OH excluding ortho intramolecular Hbond substituents is 1. The molecule has 0 heterocycles. The van der Waals surface area contributed by atoms with Crippen molar-refractivity contribution in [3.8, 4) is 5.75 Å². The van der Waals surface area contributed by atoms with Crippen LogP contribution in [0.3, 0.4) is 0 Å². The minimum atomic E-state index is 0.282. The molecule has 0 bridgehead atoms. The van der Waals surface area contributed by atoms with Crippen molar-refractivity contribution < 1.29 is 5.11 Å². The zero-order chi connectivity index (χ0) is 13.1. The molecule has 0 unspecified atom stereocenters. The molecule has 0 amide bonds. The quantitative estimate of drug-likeness (QED) is 0.642. The predicted molar refractivity (Wildman–Crippen MR) is 75.8 cm³/mol. The van der Waals surface area contributed by atoms with Crippen LogP contribution in [0.2, 0.25) is 0 Å².